The predicted octanol–water partition coefficient (Wildman–Crippen LogP) is 4.77. The molecule has 0 bridgehead atoms. The van der Waals surface area contributed by atoms with Crippen molar-refractivity contribution < 1.29 is 4.42 Å². The molecular weight excluding hydrogens is 369 g/mol. The average molecular weight is 379 g/mol. The van der Waals surface area contributed by atoms with E-state index in [0.717, 1.165) is 20.3 Å². The SMILES string of the molecule is CNC(c1ccc(Cl)c(Br)c1)c1occc1Br. The lowest BCUT2D eigenvalue weighted by Gasteiger charge is -2.15. The summed E-state index contributed by atoms with van der Waals surface area (Å²) in [6, 6.07) is 7.70. The molecule has 1 heterocycles. The minimum atomic E-state index is -0.00654. The van der Waals surface area contributed by atoms with Gasteiger partial charge in [-0.05, 0) is 62.7 Å². The number of halogens is 3. The lowest BCUT2D eigenvalue weighted by Crippen LogP contribution is -2.17. The van der Waals surface area contributed by atoms with E-state index >= 15 is 0 Å². The maximum absolute atomic E-state index is 5.98. The van der Waals surface area contributed by atoms with Crippen molar-refractivity contribution in [2.45, 2.75) is 6.04 Å². The molecule has 1 N–H and O–H groups in total. The molecule has 2 aromatic rings. The molecule has 0 saturated carbocycles. The number of furan rings is 1. The monoisotopic (exact) mass is 377 g/mol. The minimum Gasteiger partial charge on any atom is -0.466 e. The second-order valence-corrected chi connectivity index (χ2v) is 5.64. The molecule has 0 spiro atoms. The maximum atomic E-state index is 5.98. The third kappa shape index (κ3) is 2.76. The van der Waals surface area contributed by atoms with Gasteiger partial charge in [0.05, 0.1) is 21.8 Å². The zero-order valence-electron chi connectivity index (χ0n) is 9.01. The first kappa shape index (κ1) is 13.1. The molecule has 2 rings (SSSR count). The van der Waals surface area contributed by atoms with E-state index in [-0.39, 0.29) is 6.04 Å². The zero-order valence-corrected chi connectivity index (χ0v) is 12.9. The van der Waals surface area contributed by atoms with E-state index in [9.17, 15) is 0 Å². The van der Waals surface area contributed by atoms with Crippen LogP contribution in [0.25, 0.3) is 0 Å². The van der Waals surface area contributed by atoms with Crippen LogP contribution in [0.15, 0.2) is 43.9 Å². The molecule has 0 amide bonds. The van der Waals surface area contributed by atoms with Gasteiger partial charge in [-0.25, -0.2) is 0 Å². The molecule has 2 nitrogen and oxygen atoms in total. The van der Waals surface area contributed by atoms with Gasteiger partial charge in [0.15, 0.2) is 0 Å². The number of benzene rings is 1. The Hall–Kier alpha value is -0.290. The molecule has 90 valence electrons. The molecule has 5 heteroatoms. The molecule has 0 saturated heterocycles. The highest BCUT2D eigenvalue weighted by Crippen LogP contribution is 2.32. The van der Waals surface area contributed by atoms with E-state index in [2.05, 4.69) is 37.2 Å². The summed E-state index contributed by atoms with van der Waals surface area (Å²) in [5, 5.41) is 3.92. The maximum Gasteiger partial charge on any atom is 0.139 e. The zero-order chi connectivity index (χ0) is 12.4. The largest absolute Gasteiger partial charge is 0.466 e. The van der Waals surface area contributed by atoms with Crippen LogP contribution >= 0.6 is 43.5 Å². The number of nitrogens with one attached hydrogen (secondary N) is 1. The quantitative estimate of drug-likeness (QED) is 0.831. The van der Waals surface area contributed by atoms with E-state index in [1.165, 1.54) is 0 Å². The molecule has 0 aliphatic rings. The van der Waals surface area contributed by atoms with Crippen LogP contribution in [-0.2, 0) is 0 Å². The van der Waals surface area contributed by atoms with Crippen LogP contribution in [0.1, 0.15) is 17.4 Å². The van der Waals surface area contributed by atoms with Crippen LogP contribution in [-0.4, -0.2) is 7.05 Å². The molecule has 1 atom stereocenters. The molecule has 0 aliphatic carbocycles. The molecule has 1 unspecified atom stereocenters. The average Bonchev–Trinajstić information content (AvgIpc) is 2.71. The Bertz CT molecular complexity index is 527. The smallest absolute Gasteiger partial charge is 0.139 e. The van der Waals surface area contributed by atoms with Crippen molar-refractivity contribution in [3.63, 3.8) is 0 Å². The fourth-order valence-electron chi connectivity index (χ4n) is 1.65. The van der Waals surface area contributed by atoms with E-state index in [1.807, 2.05) is 31.3 Å². The predicted molar refractivity (Wildman–Crippen MR) is 76.5 cm³/mol. The van der Waals surface area contributed by atoms with Crippen LogP contribution in [0.5, 0.6) is 0 Å². The van der Waals surface area contributed by atoms with Gasteiger partial charge in [-0.2, -0.15) is 0 Å². The molecule has 17 heavy (non-hydrogen) atoms. The Morgan fingerprint density at radius 2 is 2.00 bits per heavy atom. The second kappa shape index (κ2) is 5.57. The van der Waals surface area contributed by atoms with Crippen LogP contribution < -0.4 is 5.32 Å². The Morgan fingerprint density at radius 3 is 2.53 bits per heavy atom. The number of hydrogen-bond acceptors (Lipinski definition) is 2. The van der Waals surface area contributed by atoms with Gasteiger partial charge in [0.2, 0.25) is 0 Å². The Balaban J connectivity index is 2.42. The first-order valence-electron chi connectivity index (χ1n) is 4.98. The molecule has 0 aliphatic heterocycles. The summed E-state index contributed by atoms with van der Waals surface area (Å²) in [4.78, 5) is 0. The van der Waals surface area contributed by atoms with Gasteiger partial charge in [-0.1, -0.05) is 17.7 Å². The van der Waals surface area contributed by atoms with Crippen molar-refractivity contribution in [1.29, 1.82) is 0 Å². The molecular formula is C12H10Br2ClNO. The van der Waals surface area contributed by atoms with Crippen molar-refractivity contribution >= 4 is 43.5 Å². The molecule has 1 aromatic carbocycles. The summed E-state index contributed by atoms with van der Waals surface area (Å²) >= 11 is 12.9. The summed E-state index contributed by atoms with van der Waals surface area (Å²) in [7, 11) is 1.89. The number of hydrogen-bond donors (Lipinski definition) is 1. The van der Waals surface area contributed by atoms with Crippen molar-refractivity contribution in [3.05, 3.63) is 55.8 Å². The van der Waals surface area contributed by atoms with Gasteiger partial charge in [-0.3, -0.25) is 0 Å². The first-order chi connectivity index (χ1) is 8.13. The highest BCUT2D eigenvalue weighted by molar-refractivity contribution is 9.10. The van der Waals surface area contributed by atoms with E-state index in [0.29, 0.717) is 5.02 Å². The van der Waals surface area contributed by atoms with Gasteiger partial charge >= 0.3 is 0 Å². The van der Waals surface area contributed by atoms with Gasteiger partial charge < -0.3 is 9.73 Å². The normalized spacial score (nSPS) is 12.7. The van der Waals surface area contributed by atoms with Gasteiger partial charge in [0.1, 0.15) is 5.76 Å². The third-order valence-corrected chi connectivity index (χ3v) is 4.34. The molecule has 0 radical (unpaired) electrons. The van der Waals surface area contributed by atoms with Gasteiger partial charge in [0, 0.05) is 4.47 Å². The van der Waals surface area contributed by atoms with Gasteiger partial charge in [-0.15, -0.1) is 0 Å². The van der Waals surface area contributed by atoms with E-state index in [1.54, 1.807) is 6.26 Å². The fraction of sp³-hybridized carbons (Fsp3) is 0.167. The summed E-state index contributed by atoms with van der Waals surface area (Å²) in [6.07, 6.45) is 1.66. The fourth-order valence-corrected chi connectivity index (χ4v) is 2.60. The summed E-state index contributed by atoms with van der Waals surface area (Å²) < 4.78 is 7.31. The van der Waals surface area contributed by atoms with Crippen LogP contribution in [0.3, 0.4) is 0 Å². The summed E-state index contributed by atoms with van der Waals surface area (Å²) in [5.41, 5.74) is 1.08. The minimum absolute atomic E-state index is 0.00654. The first-order valence-corrected chi connectivity index (χ1v) is 6.95. The van der Waals surface area contributed by atoms with Crippen molar-refractivity contribution in [2.24, 2.45) is 0 Å². The van der Waals surface area contributed by atoms with Crippen molar-refractivity contribution in [3.8, 4) is 0 Å². The van der Waals surface area contributed by atoms with Crippen LogP contribution in [0, 0.1) is 0 Å². The third-order valence-electron chi connectivity index (χ3n) is 2.47. The number of rotatable bonds is 3. The van der Waals surface area contributed by atoms with Gasteiger partial charge in [0.25, 0.3) is 0 Å². The van der Waals surface area contributed by atoms with E-state index in [4.69, 9.17) is 16.0 Å². The second-order valence-electron chi connectivity index (χ2n) is 3.53. The van der Waals surface area contributed by atoms with Crippen LogP contribution in [0.2, 0.25) is 5.02 Å². The standard InChI is InChI=1S/C12H10Br2ClNO/c1-16-11(12-8(13)4-5-17-12)7-2-3-10(15)9(14)6-7/h2-6,11,16H,1H3. The summed E-state index contributed by atoms with van der Waals surface area (Å²) in [6.45, 7) is 0. The molecule has 1 aromatic heterocycles. The Kier molecular flexibility index (Phi) is 4.31. The van der Waals surface area contributed by atoms with Crippen molar-refractivity contribution in [2.75, 3.05) is 7.05 Å². The lowest BCUT2D eigenvalue weighted by molar-refractivity contribution is 0.461. The highest BCUT2D eigenvalue weighted by atomic mass is 79.9. The lowest BCUT2D eigenvalue weighted by atomic mass is 10.1. The van der Waals surface area contributed by atoms with Crippen molar-refractivity contribution in [1.82, 2.24) is 5.32 Å². The van der Waals surface area contributed by atoms with E-state index < -0.39 is 0 Å². The Labute approximate surface area is 122 Å². The topological polar surface area (TPSA) is 25.2 Å². The summed E-state index contributed by atoms with van der Waals surface area (Å²) in [5.74, 6) is 0.849. The van der Waals surface area contributed by atoms with Crippen LogP contribution in [0.4, 0.5) is 0 Å². The molecule has 0 fully saturated rings. The Morgan fingerprint density at radius 1 is 1.24 bits per heavy atom. The highest BCUT2D eigenvalue weighted by Gasteiger charge is 2.18.